The van der Waals surface area contributed by atoms with Crippen LogP contribution < -0.4 is 15.8 Å². The topological polar surface area (TPSA) is 84.2 Å². The standard InChI is InChI=1S/C16H19N3O2S2/c1-11-4-3-5-14(10-11)19-16(22)18-12(2)13-6-8-15(9-7-13)23(17,20)21/h3-10,12H,1-2H3,(H2,17,20,21)(H2,18,19,22)/t12-/m0/s1. The van der Waals surface area contributed by atoms with Crippen LogP contribution in [0.1, 0.15) is 24.1 Å². The number of sulfonamides is 1. The molecule has 0 aliphatic rings. The van der Waals surface area contributed by atoms with Crippen molar-refractivity contribution in [1.29, 1.82) is 0 Å². The van der Waals surface area contributed by atoms with E-state index in [9.17, 15) is 8.42 Å². The van der Waals surface area contributed by atoms with Gasteiger partial charge in [0.15, 0.2) is 5.11 Å². The van der Waals surface area contributed by atoms with Crippen molar-refractivity contribution in [2.45, 2.75) is 24.8 Å². The first-order valence-electron chi connectivity index (χ1n) is 7.02. The molecule has 0 amide bonds. The van der Waals surface area contributed by atoms with Crippen molar-refractivity contribution < 1.29 is 8.42 Å². The van der Waals surface area contributed by atoms with Crippen molar-refractivity contribution >= 4 is 33.0 Å². The second kappa shape index (κ2) is 7.08. The Hall–Kier alpha value is -1.96. The van der Waals surface area contributed by atoms with Gasteiger partial charge in [0.1, 0.15) is 0 Å². The number of aryl methyl sites for hydroxylation is 1. The fourth-order valence-electron chi connectivity index (χ4n) is 2.12. The largest absolute Gasteiger partial charge is 0.356 e. The predicted octanol–water partition coefficient (Wildman–Crippen LogP) is 2.69. The molecule has 0 aromatic heterocycles. The highest BCUT2D eigenvalue weighted by Gasteiger charge is 2.11. The third-order valence-corrected chi connectivity index (χ3v) is 4.48. The van der Waals surface area contributed by atoms with Gasteiger partial charge in [-0.2, -0.15) is 0 Å². The molecule has 0 spiro atoms. The van der Waals surface area contributed by atoms with Crippen LogP contribution in [0, 0.1) is 6.92 Å². The summed E-state index contributed by atoms with van der Waals surface area (Å²) in [4.78, 5) is 0.0916. The van der Waals surface area contributed by atoms with Crippen LogP contribution in [0.5, 0.6) is 0 Å². The lowest BCUT2D eigenvalue weighted by molar-refractivity contribution is 0.597. The maximum Gasteiger partial charge on any atom is 0.238 e. The van der Waals surface area contributed by atoms with Crippen molar-refractivity contribution in [2.75, 3.05) is 5.32 Å². The van der Waals surface area contributed by atoms with Gasteiger partial charge in [0.25, 0.3) is 0 Å². The third-order valence-electron chi connectivity index (χ3n) is 3.33. The summed E-state index contributed by atoms with van der Waals surface area (Å²) in [6.45, 7) is 3.95. The second-order valence-electron chi connectivity index (χ2n) is 5.30. The van der Waals surface area contributed by atoms with Gasteiger partial charge in [0, 0.05) is 5.69 Å². The van der Waals surface area contributed by atoms with Crippen LogP contribution in [-0.2, 0) is 10.0 Å². The summed E-state index contributed by atoms with van der Waals surface area (Å²) in [5, 5.41) is 11.9. The molecule has 0 heterocycles. The molecule has 0 aliphatic carbocycles. The maximum atomic E-state index is 11.3. The first kappa shape index (κ1) is 17.4. The van der Waals surface area contributed by atoms with Crippen LogP contribution in [0.15, 0.2) is 53.4 Å². The average Bonchev–Trinajstić information content (AvgIpc) is 2.46. The Kier molecular flexibility index (Phi) is 5.35. The number of nitrogens with one attached hydrogen (secondary N) is 2. The molecule has 122 valence electrons. The molecular weight excluding hydrogens is 330 g/mol. The summed E-state index contributed by atoms with van der Waals surface area (Å²) in [5.41, 5.74) is 2.97. The van der Waals surface area contributed by atoms with E-state index in [0.29, 0.717) is 5.11 Å². The Morgan fingerprint density at radius 1 is 1.17 bits per heavy atom. The number of primary sulfonamides is 1. The van der Waals surface area contributed by atoms with E-state index in [0.717, 1.165) is 16.8 Å². The molecule has 0 saturated carbocycles. The van der Waals surface area contributed by atoms with E-state index in [-0.39, 0.29) is 10.9 Å². The van der Waals surface area contributed by atoms with Crippen molar-refractivity contribution in [1.82, 2.24) is 5.32 Å². The minimum Gasteiger partial charge on any atom is -0.356 e. The maximum absolute atomic E-state index is 11.3. The van der Waals surface area contributed by atoms with Gasteiger partial charge in [-0.3, -0.25) is 0 Å². The molecule has 0 fully saturated rings. The van der Waals surface area contributed by atoms with Gasteiger partial charge in [-0.05, 0) is 61.5 Å². The molecule has 4 N–H and O–H groups in total. The van der Waals surface area contributed by atoms with E-state index in [4.69, 9.17) is 17.4 Å². The quantitative estimate of drug-likeness (QED) is 0.739. The summed E-state index contributed by atoms with van der Waals surface area (Å²) < 4.78 is 22.5. The number of hydrogen-bond donors (Lipinski definition) is 3. The van der Waals surface area contributed by atoms with Gasteiger partial charge in [0.05, 0.1) is 10.9 Å². The number of rotatable bonds is 4. The van der Waals surface area contributed by atoms with E-state index < -0.39 is 10.0 Å². The van der Waals surface area contributed by atoms with Crippen LogP contribution in [0.3, 0.4) is 0 Å². The predicted molar refractivity (Wildman–Crippen MR) is 96.8 cm³/mol. The fraction of sp³-hybridized carbons (Fsp3) is 0.188. The van der Waals surface area contributed by atoms with E-state index in [1.807, 2.05) is 38.1 Å². The normalized spacial score (nSPS) is 12.5. The van der Waals surface area contributed by atoms with E-state index >= 15 is 0 Å². The van der Waals surface area contributed by atoms with E-state index in [1.54, 1.807) is 12.1 Å². The third kappa shape index (κ3) is 5.02. The molecule has 1 atom stereocenters. The minimum absolute atomic E-state index is 0.0747. The van der Waals surface area contributed by atoms with Gasteiger partial charge in [-0.25, -0.2) is 13.6 Å². The highest BCUT2D eigenvalue weighted by atomic mass is 32.2. The van der Waals surface area contributed by atoms with Crippen LogP contribution in [0.25, 0.3) is 0 Å². The number of anilines is 1. The van der Waals surface area contributed by atoms with Crippen molar-refractivity contribution in [3.8, 4) is 0 Å². The molecule has 0 saturated heterocycles. The van der Waals surface area contributed by atoms with Gasteiger partial charge in [-0.15, -0.1) is 0 Å². The van der Waals surface area contributed by atoms with Crippen LogP contribution in [0.2, 0.25) is 0 Å². The molecule has 0 aliphatic heterocycles. The Morgan fingerprint density at radius 3 is 2.39 bits per heavy atom. The second-order valence-corrected chi connectivity index (χ2v) is 7.27. The van der Waals surface area contributed by atoms with Gasteiger partial charge in [-0.1, -0.05) is 24.3 Å². The number of benzene rings is 2. The van der Waals surface area contributed by atoms with Crippen LogP contribution >= 0.6 is 12.2 Å². The van der Waals surface area contributed by atoms with Gasteiger partial charge in [0.2, 0.25) is 10.0 Å². The van der Waals surface area contributed by atoms with Crippen molar-refractivity contribution in [3.05, 3.63) is 59.7 Å². The molecule has 0 unspecified atom stereocenters. The molecule has 2 rings (SSSR count). The van der Waals surface area contributed by atoms with Crippen molar-refractivity contribution in [3.63, 3.8) is 0 Å². The summed E-state index contributed by atoms with van der Waals surface area (Å²) in [5.74, 6) is 0. The van der Waals surface area contributed by atoms with Crippen LogP contribution in [-0.4, -0.2) is 13.5 Å². The Morgan fingerprint density at radius 2 is 1.83 bits per heavy atom. The summed E-state index contributed by atoms with van der Waals surface area (Å²) in [6, 6.07) is 14.2. The Bertz CT molecular complexity index is 802. The fourth-order valence-corrected chi connectivity index (χ4v) is 2.93. The Labute approximate surface area is 142 Å². The first-order valence-corrected chi connectivity index (χ1v) is 8.98. The summed E-state index contributed by atoms with van der Waals surface area (Å²) >= 11 is 5.30. The van der Waals surface area contributed by atoms with Crippen LogP contribution in [0.4, 0.5) is 5.69 Å². The zero-order valence-corrected chi connectivity index (χ0v) is 14.5. The van der Waals surface area contributed by atoms with E-state index in [2.05, 4.69) is 10.6 Å². The monoisotopic (exact) mass is 349 g/mol. The summed E-state index contributed by atoms with van der Waals surface area (Å²) in [7, 11) is -3.67. The Balaban J connectivity index is 2.01. The smallest absolute Gasteiger partial charge is 0.238 e. The molecule has 7 heteroatoms. The highest BCUT2D eigenvalue weighted by molar-refractivity contribution is 7.89. The van der Waals surface area contributed by atoms with Crippen molar-refractivity contribution in [2.24, 2.45) is 5.14 Å². The molecule has 23 heavy (non-hydrogen) atoms. The van der Waals surface area contributed by atoms with Gasteiger partial charge >= 0.3 is 0 Å². The number of hydrogen-bond acceptors (Lipinski definition) is 3. The molecule has 2 aromatic rings. The molecule has 0 radical (unpaired) electrons. The lowest BCUT2D eigenvalue weighted by atomic mass is 10.1. The minimum atomic E-state index is -3.67. The average molecular weight is 349 g/mol. The summed E-state index contributed by atoms with van der Waals surface area (Å²) in [6.07, 6.45) is 0. The SMILES string of the molecule is Cc1cccc(NC(=S)N[C@@H](C)c2ccc(S(N)(=O)=O)cc2)c1. The lowest BCUT2D eigenvalue weighted by Gasteiger charge is -2.18. The number of thiocarbonyl (C=S) groups is 1. The lowest BCUT2D eigenvalue weighted by Crippen LogP contribution is -2.30. The molecule has 5 nitrogen and oxygen atoms in total. The van der Waals surface area contributed by atoms with Gasteiger partial charge < -0.3 is 10.6 Å². The molecular formula is C16H19N3O2S2. The highest BCUT2D eigenvalue weighted by Crippen LogP contribution is 2.16. The molecule has 0 bridgehead atoms. The zero-order chi connectivity index (χ0) is 17.0. The number of nitrogens with two attached hydrogens (primary N) is 1. The first-order chi connectivity index (χ1) is 10.8. The van der Waals surface area contributed by atoms with E-state index in [1.165, 1.54) is 12.1 Å². The zero-order valence-electron chi connectivity index (χ0n) is 12.9. The molecule has 2 aromatic carbocycles.